The third-order valence-corrected chi connectivity index (χ3v) is 3.35. The second kappa shape index (κ2) is 7.13. The topological polar surface area (TPSA) is 93.1 Å². The van der Waals surface area contributed by atoms with Gasteiger partial charge in [0, 0.05) is 0 Å². The summed E-state index contributed by atoms with van der Waals surface area (Å²) in [7, 11) is 0. The monoisotopic (exact) mass is 321 g/mol. The van der Waals surface area contributed by atoms with E-state index in [1.165, 1.54) is 0 Å². The second-order valence-electron chi connectivity index (χ2n) is 5.70. The van der Waals surface area contributed by atoms with Crippen molar-refractivity contribution >= 4 is 18.0 Å². The first kappa shape index (κ1) is 16.8. The molecule has 1 fully saturated rings. The highest BCUT2D eigenvalue weighted by Crippen LogP contribution is 2.28. The molecule has 1 amide bonds. The van der Waals surface area contributed by atoms with Gasteiger partial charge in [0.1, 0.15) is 0 Å². The molecule has 1 aliphatic heterocycles. The normalized spacial score (nSPS) is 18.3. The van der Waals surface area contributed by atoms with Crippen molar-refractivity contribution in [1.82, 2.24) is 4.90 Å². The van der Waals surface area contributed by atoms with Crippen LogP contribution in [0.25, 0.3) is 0 Å². The number of amides is 1. The fraction of sp³-hybridized carbons (Fsp3) is 0.438. The van der Waals surface area contributed by atoms with Crippen LogP contribution in [0.1, 0.15) is 25.5 Å². The average Bonchev–Trinajstić information content (AvgIpc) is 2.52. The summed E-state index contributed by atoms with van der Waals surface area (Å²) in [5, 5.41) is 9.37. The van der Waals surface area contributed by atoms with Gasteiger partial charge in [-0.2, -0.15) is 0 Å². The molecule has 1 aromatic rings. The Labute approximate surface area is 133 Å². The fourth-order valence-corrected chi connectivity index (χ4v) is 2.22. The van der Waals surface area contributed by atoms with Crippen molar-refractivity contribution in [3.05, 3.63) is 35.9 Å². The summed E-state index contributed by atoms with van der Waals surface area (Å²) in [4.78, 5) is 36.2. The molecule has 0 bridgehead atoms. The van der Waals surface area contributed by atoms with Gasteiger partial charge in [-0.15, -0.1) is 0 Å². The van der Waals surface area contributed by atoms with Crippen LogP contribution in [0, 0.1) is 5.92 Å². The zero-order chi connectivity index (χ0) is 17.0. The number of carbonyl (C=O) groups is 3. The minimum absolute atomic E-state index is 0.0292. The summed E-state index contributed by atoms with van der Waals surface area (Å²) in [5.41, 5.74) is 0.495. The summed E-state index contributed by atoms with van der Waals surface area (Å²) < 4.78 is 9.74. The molecule has 23 heavy (non-hydrogen) atoms. The number of hydrogen-bond acceptors (Lipinski definition) is 5. The molecule has 0 radical (unpaired) electrons. The van der Waals surface area contributed by atoms with Gasteiger partial charge in [0.25, 0.3) is 5.91 Å². The standard InChI is InChI=1S/C16H19NO6/c1-10(2)9-22-16(21)23-12-8-17(14(12)18)13(15(19)20)11-6-4-3-5-7-11/h3-7,10,12-13H,8-9H2,1-2H3,(H,19,20)/t12?,13-/m1/s1. The van der Waals surface area contributed by atoms with Crippen LogP contribution in [0.2, 0.25) is 0 Å². The molecule has 7 heteroatoms. The zero-order valence-corrected chi connectivity index (χ0v) is 13.0. The highest BCUT2D eigenvalue weighted by atomic mass is 16.7. The third-order valence-electron chi connectivity index (χ3n) is 3.35. The largest absolute Gasteiger partial charge is 0.509 e. The molecular formula is C16H19NO6. The lowest BCUT2D eigenvalue weighted by atomic mass is 10.00. The van der Waals surface area contributed by atoms with E-state index in [2.05, 4.69) is 0 Å². The quantitative estimate of drug-likeness (QED) is 0.635. The maximum absolute atomic E-state index is 12.1. The molecule has 1 N–H and O–H groups in total. The Kier molecular flexibility index (Phi) is 5.20. The number of carbonyl (C=O) groups excluding carboxylic acids is 2. The number of carboxylic acids is 1. The van der Waals surface area contributed by atoms with E-state index in [0.717, 1.165) is 4.90 Å². The number of rotatable bonds is 6. The summed E-state index contributed by atoms with van der Waals surface area (Å²) in [6.07, 6.45) is -1.90. The van der Waals surface area contributed by atoms with Gasteiger partial charge in [-0.25, -0.2) is 9.59 Å². The van der Waals surface area contributed by atoms with Gasteiger partial charge in [0.2, 0.25) is 6.10 Å². The predicted octanol–water partition coefficient (Wildman–Crippen LogP) is 1.83. The summed E-state index contributed by atoms with van der Waals surface area (Å²) in [6.45, 7) is 3.98. The number of carboxylic acid groups (broad SMARTS) is 1. The van der Waals surface area contributed by atoms with E-state index in [9.17, 15) is 19.5 Å². The number of nitrogens with zero attached hydrogens (tertiary/aromatic N) is 1. The molecule has 1 unspecified atom stereocenters. The highest BCUT2D eigenvalue weighted by Gasteiger charge is 2.46. The number of likely N-dealkylation sites (tertiary alicyclic amines) is 1. The van der Waals surface area contributed by atoms with E-state index in [-0.39, 0.29) is 19.1 Å². The zero-order valence-electron chi connectivity index (χ0n) is 13.0. The molecule has 0 aliphatic carbocycles. The van der Waals surface area contributed by atoms with Crippen LogP contribution in [-0.2, 0) is 19.1 Å². The molecular weight excluding hydrogens is 302 g/mol. The molecule has 1 aromatic carbocycles. The highest BCUT2D eigenvalue weighted by molar-refractivity contribution is 5.92. The van der Waals surface area contributed by atoms with Crippen molar-refractivity contribution < 1.29 is 29.0 Å². The molecule has 1 heterocycles. The lowest BCUT2D eigenvalue weighted by Gasteiger charge is -2.40. The van der Waals surface area contributed by atoms with Crippen LogP contribution >= 0.6 is 0 Å². The lowest BCUT2D eigenvalue weighted by Crippen LogP contribution is -2.60. The molecule has 7 nitrogen and oxygen atoms in total. The predicted molar refractivity (Wildman–Crippen MR) is 79.6 cm³/mol. The Hall–Kier alpha value is -2.57. The van der Waals surface area contributed by atoms with Gasteiger partial charge in [0.15, 0.2) is 6.04 Å². The van der Waals surface area contributed by atoms with Crippen LogP contribution in [0.4, 0.5) is 4.79 Å². The van der Waals surface area contributed by atoms with Crippen LogP contribution < -0.4 is 0 Å². The Balaban J connectivity index is 1.95. The van der Waals surface area contributed by atoms with Crippen molar-refractivity contribution in [1.29, 1.82) is 0 Å². The molecule has 2 rings (SSSR count). The van der Waals surface area contributed by atoms with Crippen LogP contribution in [-0.4, -0.2) is 47.3 Å². The summed E-state index contributed by atoms with van der Waals surface area (Å²) >= 11 is 0. The first-order chi connectivity index (χ1) is 10.9. The lowest BCUT2D eigenvalue weighted by molar-refractivity contribution is -0.170. The minimum atomic E-state index is -1.13. The average molecular weight is 321 g/mol. The number of hydrogen-bond donors (Lipinski definition) is 1. The van der Waals surface area contributed by atoms with E-state index >= 15 is 0 Å². The number of ether oxygens (including phenoxy) is 2. The molecule has 124 valence electrons. The van der Waals surface area contributed by atoms with Gasteiger partial charge in [-0.1, -0.05) is 44.2 Å². The Morgan fingerprint density at radius 1 is 1.30 bits per heavy atom. The summed E-state index contributed by atoms with van der Waals surface area (Å²) in [5.74, 6) is -1.52. The van der Waals surface area contributed by atoms with Crippen LogP contribution in [0.15, 0.2) is 30.3 Å². The first-order valence-electron chi connectivity index (χ1n) is 7.31. The van der Waals surface area contributed by atoms with E-state index in [0.29, 0.717) is 5.56 Å². The Bertz CT molecular complexity index is 585. The number of benzene rings is 1. The van der Waals surface area contributed by atoms with Crippen molar-refractivity contribution in [3.8, 4) is 0 Å². The second-order valence-corrected chi connectivity index (χ2v) is 5.70. The van der Waals surface area contributed by atoms with Gasteiger partial charge in [0.05, 0.1) is 13.2 Å². The maximum atomic E-state index is 12.1. The van der Waals surface area contributed by atoms with Crippen molar-refractivity contribution in [2.24, 2.45) is 5.92 Å². The van der Waals surface area contributed by atoms with E-state index < -0.39 is 30.2 Å². The van der Waals surface area contributed by atoms with Gasteiger partial charge in [-0.3, -0.25) is 4.79 Å². The SMILES string of the molecule is CC(C)COC(=O)OC1CN([C@@H](C(=O)O)c2ccccc2)C1=O. The minimum Gasteiger partial charge on any atom is -0.479 e. The van der Waals surface area contributed by atoms with Gasteiger partial charge < -0.3 is 19.5 Å². The third kappa shape index (κ3) is 4.00. The molecule has 1 aliphatic rings. The molecule has 2 atom stereocenters. The van der Waals surface area contributed by atoms with E-state index in [1.54, 1.807) is 30.3 Å². The molecule has 0 saturated carbocycles. The molecule has 0 spiro atoms. The fourth-order valence-electron chi connectivity index (χ4n) is 2.22. The van der Waals surface area contributed by atoms with E-state index in [1.807, 2.05) is 13.8 Å². The molecule has 1 saturated heterocycles. The van der Waals surface area contributed by atoms with Gasteiger partial charge in [-0.05, 0) is 11.5 Å². The maximum Gasteiger partial charge on any atom is 0.509 e. The summed E-state index contributed by atoms with van der Waals surface area (Å²) in [6, 6.07) is 7.35. The first-order valence-corrected chi connectivity index (χ1v) is 7.31. The van der Waals surface area contributed by atoms with Crippen molar-refractivity contribution in [2.45, 2.75) is 26.0 Å². The van der Waals surface area contributed by atoms with E-state index in [4.69, 9.17) is 9.47 Å². The van der Waals surface area contributed by atoms with Gasteiger partial charge >= 0.3 is 12.1 Å². The Morgan fingerprint density at radius 2 is 1.96 bits per heavy atom. The van der Waals surface area contributed by atoms with Crippen molar-refractivity contribution in [3.63, 3.8) is 0 Å². The smallest absolute Gasteiger partial charge is 0.479 e. The van der Waals surface area contributed by atoms with Crippen LogP contribution in [0.3, 0.4) is 0 Å². The van der Waals surface area contributed by atoms with Crippen LogP contribution in [0.5, 0.6) is 0 Å². The number of β-lactam (4-membered cyclic amide) rings is 1. The number of aliphatic carboxylic acids is 1. The Morgan fingerprint density at radius 3 is 2.48 bits per heavy atom. The molecule has 0 aromatic heterocycles. The van der Waals surface area contributed by atoms with Crippen molar-refractivity contribution in [2.75, 3.05) is 13.2 Å².